The van der Waals surface area contributed by atoms with E-state index in [-0.39, 0.29) is 17.6 Å². The third kappa shape index (κ3) is 2.18. The molecule has 2 aromatic rings. The van der Waals surface area contributed by atoms with Crippen LogP contribution in [-0.4, -0.2) is 16.9 Å². The normalized spacial score (nSPS) is 10.3. The molecule has 0 aliphatic rings. The first-order valence-electron chi connectivity index (χ1n) is 5.53. The number of imide groups is 1. The standard InChI is InChI=1S/C14H13NO3/c1-9(16)15(10(2)17)13-5-3-12-8-14(18)6-4-11(12)7-13/h3-8,18H,1-2H3. The Morgan fingerprint density at radius 2 is 1.50 bits per heavy atom. The van der Waals surface area contributed by atoms with Gasteiger partial charge in [-0.25, -0.2) is 0 Å². The fourth-order valence-corrected chi connectivity index (χ4v) is 1.94. The molecular formula is C14H13NO3. The quantitative estimate of drug-likeness (QED) is 0.836. The summed E-state index contributed by atoms with van der Waals surface area (Å²) in [7, 11) is 0. The molecule has 0 unspecified atom stereocenters. The van der Waals surface area contributed by atoms with Gasteiger partial charge in [-0.1, -0.05) is 12.1 Å². The van der Waals surface area contributed by atoms with Crippen molar-refractivity contribution in [3.8, 4) is 5.75 Å². The Bertz CT molecular complexity index is 620. The smallest absolute Gasteiger partial charge is 0.230 e. The van der Waals surface area contributed by atoms with E-state index >= 15 is 0 Å². The van der Waals surface area contributed by atoms with Crippen LogP contribution < -0.4 is 4.90 Å². The van der Waals surface area contributed by atoms with Crippen LogP contribution in [-0.2, 0) is 9.59 Å². The van der Waals surface area contributed by atoms with E-state index in [2.05, 4.69) is 0 Å². The maximum Gasteiger partial charge on any atom is 0.230 e. The van der Waals surface area contributed by atoms with Crippen molar-refractivity contribution in [3.05, 3.63) is 36.4 Å². The summed E-state index contributed by atoms with van der Waals surface area (Å²) in [6, 6.07) is 10.1. The van der Waals surface area contributed by atoms with Gasteiger partial charge in [0.15, 0.2) is 0 Å². The number of carbonyl (C=O) groups is 2. The highest BCUT2D eigenvalue weighted by molar-refractivity contribution is 6.13. The number of carbonyl (C=O) groups excluding carboxylic acids is 2. The number of anilines is 1. The third-order valence-corrected chi connectivity index (χ3v) is 2.70. The molecule has 92 valence electrons. The van der Waals surface area contributed by atoms with E-state index in [1.807, 2.05) is 0 Å². The predicted octanol–water partition coefficient (Wildman–Crippen LogP) is 2.44. The number of hydrogen-bond donors (Lipinski definition) is 1. The molecule has 0 aliphatic heterocycles. The van der Waals surface area contributed by atoms with E-state index in [4.69, 9.17) is 0 Å². The molecule has 2 amide bonds. The first-order chi connectivity index (χ1) is 8.49. The van der Waals surface area contributed by atoms with Crippen LogP contribution in [0.15, 0.2) is 36.4 Å². The Balaban J connectivity index is 2.55. The van der Waals surface area contributed by atoms with Gasteiger partial charge in [0.1, 0.15) is 5.75 Å². The lowest BCUT2D eigenvalue weighted by atomic mass is 10.1. The summed E-state index contributed by atoms with van der Waals surface area (Å²) in [6.07, 6.45) is 0. The van der Waals surface area contributed by atoms with E-state index in [0.29, 0.717) is 5.69 Å². The van der Waals surface area contributed by atoms with Gasteiger partial charge >= 0.3 is 0 Å². The molecule has 1 N–H and O–H groups in total. The molecule has 0 saturated heterocycles. The number of fused-ring (bicyclic) bond motifs is 1. The highest BCUT2D eigenvalue weighted by Crippen LogP contribution is 2.25. The molecule has 0 fully saturated rings. The lowest BCUT2D eigenvalue weighted by molar-refractivity contribution is -0.124. The first kappa shape index (κ1) is 12.1. The minimum atomic E-state index is -0.319. The van der Waals surface area contributed by atoms with Gasteiger partial charge in [-0.15, -0.1) is 0 Å². The fourth-order valence-electron chi connectivity index (χ4n) is 1.94. The second-order valence-electron chi connectivity index (χ2n) is 4.09. The number of benzene rings is 2. The van der Waals surface area contributed by atoms with Gasteiger partial charge in [0, 0.05) is 13.8 Å². The predicted molar refractivity (Wildman–Crippen MR) is 69.5 cm³/mol. The SMILES string of the molecule is CC(=O)N(C(C)=O)c1ccc2cc(O)ccc2c1. The summed E-state index contributed by atoms with van der Waals surface area (Å²) < 4.78 is 0. The highest BCUT2D eigenvalue weighted by Gasteiger charge is 2.16. The lowest BCUT2D eigenvalue weighted by Crippen LogP contribution is -2.32. The van der Waals surface area contributed by atoms with Crippen LogP contribution >= 0.6 is 0 Å². The van der Waals surface area contributed by atoms with Crippen LogP contribution in [0, 0.1) is 0 Å². The second-order valence-corrected chi connectivity index (χ2v) is 4.09. The third-order valence-electron chi connectivity index (χ3n) is 2.70. The van der Waals surface area contributed by atoms with Gasteiger partial charge in [-0.2, -0.15) is 0 Å². The largest absolute Gasteiger partial charge is 0.508 e. The minimum absolute atomic E-state index is 0.185. The van der Waals surface area contributed by atoms with Crippen LogP contribution in [0.1, 0.15) is 13.8 Å². The Morgan fingerprint density at radius 3 is 2.11 bits per heavy atom. The van der Waals surface area contributed by atoms with Crippen molar-refractivity contribution in [2.75, 3.05) is 4.90 Å². The van der Waals surface area contributed by atoms with E-state index in [1.165, 1.54) is 13.8 Å². The Kier molecular flexibility index (Phi) is 3.02. The molecule has 4 nitrogen and oxygen atoms in total. The van der Waals surface area contributed by atoms with E-state index in [0.717, 1.165) is 15.7 Å². The zero-order valence-electron chi connectivity index (χ0n) is 10.2. The molecule has 0 bridgehead atoms. The maximum atomic E-state index is 11.4. The van der Waals surface area contributed by atoms with Gasteiger partial charge in [0.25, 0.3) is 0 Å². The van der Waals surface area contributed by atoms with E-state index in [9.17, 15) is 14.7 Å². The van der Waals surface area contributed by atoms with Crippen molar-refractivity contribution in [2.45, 2.75) is 13.8 Å². The van der Waals surface area contributed by atoms with E-state index in [1.54, 1.807) is 36.4 Å². The molecule has 2 rings (SSSR count). The van der Waals surface area contributed by atoms with Crippen LogP contribution in [0.25, 0.3) is 10.8 Å². The molecule has 0 saturated carbocycles. The van der Waals surface area contributed by atoms with Crippen molar-refractivity contribution in [2.24, 2.45) is 0 Å². The van der Waals surface area contributed by atoms with Crippen molar-refractivity contribution in [1.82, 2.24) is 0 Å². The monoisotopic (exact) mass is 243 g/mol. The van der Waals surface area contributed by atoms with Gasteiger partial charge in [-0.3, -0.25) is 14.5 Å². The molecule has 2 aromatic carbocycles. The van der Waals surface area contributed by atoms with Gasteiger partial charge in [0.05, 0.1) is 5.69 Å². The number of rotatable bonds is 1. The molecule has 18 heavy (non-hydrogen) atoms. The molecule has 0 aromatic heterocycles. The number of aromatic hydroxyl groups is 1. The average molecular weight is 243 g/mol. The topological polar surface area (TPSA) is 57.6 Å². The Hall–Kier alpha value is -2.36. The van der Waals surface area contributed by atoms with Crippen LogP contribution in [0.3, 0.4) is 0 Å². The molecule has 0 radical (unpaired) electrons. The maximum absolute atomic E-state index is 11.4. The summed E-state index contributed by atoms with van der Waals surface area (Å²) in [5, 5.41) is 11.1. The number of hydrogen-bond acceptors (Lipinski definition) is 3. The second kappa shape index (κ2) is 4.49. The molecular weight excluding hydrogens is 230 g/mol. The summed E-state index contributed by atoms with van der Waals surface area (Å²) in [4.78, 5) is 24.0. The number of nitrogens with zero attached hydrogens (tertiary/aromatic N) is 1. The zero-order valence-corrected chi connectivity index (χ0v) is 10.2. The number of amides is 2. The van der Waals surface area contributed by atoms with Gasteiger partial charge in [-0.05, 0) is 35.0 Å². The molecule has 0 atom stereocenters. The molecule has 4 heteroatoms. The van der Waals surface area contributed by atoms with Crippen molar-refractivity contribution >= 4 is 28.3 Å². The Morgan fingerprint density at radius 1 is 0.944 bits per heavy atom. The fraction of sp³-hybridized carbons (Fsp3) is 0.143. The zero-order chi connectivity index (χ0) is 13.3. The minimum Gasteiger partial charge on any atom is -0.508 e. The summed E-state index contributed by atoms with van der Waals surface area (Å²) in [5.74, 6) is -0.452. The molecule has 0 spiro atoms. The van der Waals surface area contributed by atoms with Gasteiger partial charge in [0.2, 0.25) is 11.8 Å². The molecule has 0 aliphatic carbocycles. The van der Waals surface area contributed by atoms with E-state index < -0.39 is 0 Å². The van der Waals surface area contributed by atoms with Crippen molar-refractivity contribution in [3.63, 3.8) is 0 Å². The molecule has 0 heterocycles. The number of phenols is 1. The first-order valence-corrected chi connectivity index (χ1v) is 5.53. The highest BCUT2D eigenvalue weighted by atomic mass is 16.3. The van der Waals surface area contributed by atoms with Crippen molar-refractivity contribution < 1.29 is 14.7 Å². The van der Waals surface area contributed by atoms with Crippen LogP contribution in [0.5, 0.6) is 5.75 Å². The average Bonchev–Trinajstić information content (AvgIpc) is 2.28. The lowest BCUT2D eigenvalue weighted by Gasteiger charge is -2.17. The van der Waals surface area contributed by atoms with Gasteiger partial charge < -0.3 is 5.11 Å². The Labute approximate surface area is 104 Å². The summed E-state index contributed by atoms with van der Waals surface area (Å²) in [5.41, 5.74) is 0.535. The van der Waals surface area contributed by atoms with Crippen LogP contribution in [0.2, 0.25) is 0 Å². The van der Waals surface area contributed by atoms with Crippen LogP contribution in [0.4, 0.5) is 5.69 Å². The van der Waals surface area contributed by atoms with Crippen molar-refractivity contribution in [1.29, 1.82) is 0 Å². The summed E-state index contributed by atoms with van der Waals surface area (Å²) >= 11 is 0. The summed E-state index contributed by atoms with van der Waals surface area (Å²) in [6.45, 7) is 2.70. The number of phenolic OH excluding ortho intramolecular Hbond substituents is 1.